The van der Waals surface area contributed by atoms with E-state index >= 15 is 0 Å². The molecule has 7 heteroatoms. The number of nitriles is 1. The molecule has 3 aromatic rings. The maximum Gasteiger partial charge on any atom is 0.163 e. The molecule has 0 aliphatic carbocycles. The largest absolute Gasteiger partial charge is 0.365 e. The zero-order valence-corrected chi connectivity index (χ0v) is 15.8. The van der Waals surface area contributed by atoms with Crippen molar-refractivity contribution in [2.75, 3.05) is 22.9 Å². The third-order valence-electron chi connectivity index (χ3n) is 5.46. The Labute approximate surface area is 168 Å². The summed E-state index contributed by atoms with van der Waals surface area (Å²) in [6, 6.07) is 14.7. The van der Waals surface area contributed by atoms with E-state index in [0.717, 1.165) is 41.6 Å². The fraction of sp³-hybridized carbons (Fsp3) is 0.238. The van der Waals surface area contributed by atoms with Crippen LogP contribution in [0.2, 0.25) is 5.02 Å². The van der Waals surface area contributed by atoms with Gasteiger partial charge in [0.25, 0.3) is 0 Å². The van der Waals surface area contributed by atoms with Crippen LogP contribution in [0.25, 0.3) is 11.4 Å². The van der Waals surface area contributed by atoms with Gasteiger partial charge in [0, 0.05) is 47.8 Å². The number of hydrogen-bond donors (Lipinski definition) is 0. The SMILES string of the molecule is N#Cc1cnc(-c2cccnc2)nc1N1C[C@@H]2C[C@H]1CN2c1cccc(Cl)c1. The minimum atomic E-state index is 0.313. The summed E-state index contributed by atoms with van der Waals surface area (Å²) >= 11 is 6.17. The topological polar surface area (TPSA) is 68.9 Å². The molecule has 5 rings (SSSR count). The van der Waals surface area contributed by atoms with E-state index in [9.17, 15) is 5.26 Å². The van der Waals surface area contributed by atoms with Crippen LogP contribution in [0.15, 0.2) is 55.0 Å². The van der Waals surface area contributed by atoms with Crippen LogP contribution in [-0.2, 0) is 0 Å². The predicted octanol–water partition coefficient (Wildman–Crippen LogP) is 3.53. The standard InChI is InChI=1S/C21H17ClN6/c22-16-4-1-5-17(7-16)27-12-19-8-18(27)13-28(19)21-15(9-23)11-25-20(26-21)14-3-2-6-24-10-14/h1-7,10-11,18-19H,8,12-13H2/t18-,19-/m0/s1. The molecule has 0 N–H and O–H groups in total. The van der Waals surface area contributed by atoms with Gasteiger partial charge >= 0.3 is 0 Å². The first-order chi connectivity index (χ1) is 13.7. The van der Waals surface area contributed by atoms with E-state index < -0.39 is 0 Å². The van der Waals surface area contributed by atoms with Gasteiger partial charge in [-0.2, -0.15) is 5.26 Å². The quantitative estimate of drug-likeness (QED) is 0.683. The number of nitrogens with zero attached hydrogens (tertiary/aromatic N) is 6. The smallest absolute Gasteiger partial charge is 0.163 e. The first-order valence-electron chi connectivity index (χ1n) is 9.19. The van der Waals surface area contributed by atoms with E-state index in [1.165, 1.54) is 0 Å². The molecule has 2 fully saturated rings. The molecule has 138 valence electrons. The van der Waals surface area contributed by atoms with Crippen molar-refractivity contribution in [1.29, 1.82) is 5.26 Å². The molecule has 0 radical (unpaired) electrons. The summed E-state index contributed by atoms with van der Waals surface area (Å²) in [6.45, 7) is 1.72. The molecule has 2 bridgehead atoms. The third kappa shape index (κ3) is 2.85. The Kier molecular flexibility index (Phi) is 4.10. The van der Waals surface area contributed by atoms with Gasteiger partial charge in [0.2, 0.25) is 0 Å². The van der Waals surface area contributed by atoms with E-state index in [-0.39, 0.29) is 0 Å². The summed E-state index contributed by atoms with van der Waals surface area (Å²) in [4.78, 5) is 17.9. The van der Waals surface area contributed by atoms with Crippen LogP contribution in [-0.4, -0.2) is 40.1 Å². The van der Waals surface area contributed by atoms with Crippen molar-refractivity contribution in [1.82, 2.24) is 15.0 Å². The van der Waals surface area contributed by atoms with Gasteiger partial charge in [-0.3, -0.25) is 4.98 Å². The van der Waals surface area contributed by atoms with Crippen molar-refractivity contribution in [2.45, 2.75) is 18.5 Å². The van der Waals surface area contributed by atoms with Gasteiger partial charge in [0.1, 0.15) is 11.6 Å². The van der Waals surface area contributed by atoms with Crippen molar-refractivity contribution >= 4 is 23.1 Å². The lowest BCUT2D eigenvalue weighted by molar-refractivity contribution is 0.640. The first kappa shape index (κ1) is 17.0. The number of rotatable bonds is 3. The number of anilines is 2. The molecule has 1 aromatic carbocycles. The lowest BCUT2D eigenvalue weighted by Crippen LogP contribution is -2.47. The van der Waals surface area contributed by atoms with E-state index in [0.29, 0.717) is 23.5 Å². The Hall–Kier alpha value is -3.17. The van der Waals surface area contributed by atoms with Crippen molar-refractivity contribution < 1.29 is 0 Å². The zero-order valence-electron chi connectivity index (χ0n) is 15.0. The van der Waals surface area contributed by atoms with E-state index in [1.54, 1.807) is 18.6 Å². The molecule has 4 heterocycles. The Morgan fingerprint density at radius 3 is 2.64 bits per heavy atom. The van der Waals surface area contributed by atoms with Crippen LogP contribution in [0.5, 0.6) is 0 Å². The monoisotopic (exact) mass is 388 g/mol. The lowest BCUT2D eigenvalue weighted by Gasteiger charge is -2.36. The average molecular weight is 389 g/mol. The second kappa shape index (κ2) is 6.77. The van der Waals surface area contributed by atoms with E-state index in [1.807, 2.05) is 30.3 Å². The lowest BCUT2D eigenvalue weighted by atomic mass is 10.2. The van der Waals surface area contributed by atoms with Gasteiger partial charge in [-0.15, -0.1) is 0 Å². The molecular weight excluding hydrogens is 372 g/mol. The minimum absolute atomic E-state index is 0.313. The highest BCUT2D eigenvalue weighted by molar-refractivity contribution is 6.30. The maximum atomic E-state index is 9.58. The molecule has 2 aliphatic rings. The zero-order chi connectivity index (χ0) is 19.1. The second-order valence-corrected chi connectivity index (χ2v) is 7.55. The molecule has 2 atom stereocenters. The number of benzene rings is 1. The van der Waals surface area contributed by atoms with Crippen molar-refractivity contribution in [2.24, 2.45) is 0 Å². The molecule has 6 nitrogen and oxygen atoms in total. The van der Waals surface area contributed by atoms with Crippen LogP contribution < -0.4 is 9.80 Å². The third-order valence-corrected chi connectivity index (χ3v) is 5.70. The molecular formula is C21H17ClN6. The number of pyridine rings is 1. The van der Waals surface area contributed by atoms with Crippen LogP contribution >= 0.6 is 11.6 Å². The number of aromatic nitrogens is 3. The summed E-state index contributed by atoms with van der Waals surface area (Å²) in [5.74, 6) is 1.31. The second-order valence-electron chi connectivity index (χ2n) is 7.11. The van der Waals surface area contributed by atoms with E-state index in [4.69, 9.17) is 16.6 Å². The van der Waals surface area contributed by atoms with Crippen molar-refractivity contribution in [3.05, 3.63) is 65.6 Å². The number of hydrogen-bond acceptors (Lipinski definition) is 6. The molecule has 2 aromatic heterocycles. The van der Waals surface area contributed by atoms with Crippen LogP contribution in [0, 0.1) is 11.3 Å². The molecule has 0 spiro atoms. The summed E-state index contributed by atoms with van der Waals surface area (Å²) < 4.78 is 0. The molecule has 28 heavy (non-hydrogen) atoms. The molecule has 0 unspecified atom stereocenters. The van der Waals surface area contributed by atoms with Gasteiger partial charge < -0.3 is 9.80 Å². The number of halogens is 1. The van der Waals surface area contributed by atoms with Gasteiger partial charge in [-0.05, 0) is 36.8 Å². The first-order valence-corrected chi connectivity index (χ1v) is 9.57. The van der Waals surface area contributed by atoms with Gasteiger partial charge in [0.15, 0.2) is 11.6 Å². The summed E-state index contributed by atoms with van der Waals surface area (Å²) in [7, 11) is 0. The number of piperazine rings is 1. The summed E-state index contributed by atoms with van der Waals surface area (Å²) in [6.07, 6.45) is 6.12. The summed E-state index contributed by atoms with van der Waals surface area (Å²) in [5.41, 5.74) is 2.51. The van der Waals surface area contributed by atoms with Gasteiger partial charge in [0.05, 0.1) is 12.2 Å². The fourth-order valence-electron chi connectivity index (χ4n) is 4.20. The van der Waals surface area contributed by atoms with E-state index in [2.05, 4.69) is 31.9 Å². The number of fused-ring (bicyclic) bond motifs is 2. The van der Waals surface area contributed by atoms with Crippen LogP contribution in [0.4, 0.5) is 11.5 Å². The highest BCUT2D eigenvalue weighted by Crippen LogP contribution is 2.38. The van der Waals surface area contributed by atoms with Gasteiger partial charge in [-0.25, -0.2) is 9.97 Å². The molecule has 0 amide bonds. The minimum Gasteiger partial charge on any atom is -0.365 e. The summed E-state index contributed by atoms with van der Waals surface area (Å²) in [5, 5.41) is 10.3. The molecule has 2 saturated heterocycles. The Morgan fingerprint density at radius 1 is 1.07 bits per heavy atom. The normalized spacial score (nSPS) is 20.4. The van der Waals surface area contributed by atoms with Crippen LogP contribution in [0.3, 0.4) is 0 Å². The molecule has 2 aliphatic heterocycles. The predicted molar refractivity (Wildman–Crippen MR) is 108 cm³/mol. The van der Waals surface area contributed by atoms with Crippen molar-refractivity contribution in [3.8, 4) is 17.5 Å². The Balaban J connectivity index is 1.45. The van der Waals surface area contributed by atoms with Crippen molar-refractivity contribution in [3.63, 3.8) is 0 Å². The fourth-order valence-corrected chi connectivity index (χ4v) is 4.39. The van der Waals surface area contributed by atoms with Crippen LogP contribution in [0.1, 0.15) is 12.0 Å². The highest BCUT2D eigenvalue weighted by atomic mass is 35.5. The maximum absolute atomic E-state index is 9.58. The highest BCUT2D eigenvalue weighted by Gasteiger charge is 2.44. The average Bonchev–Trinajstić information content (AvgIpc) is 3.35. The Morgan fingerprint density at radius 2 is 1.93 bits per heavy atom. The molecule has 0 saturated carbocycles. The van der Waals surface area contributed by atoms with Gasteiger partial charge in [-0.1, -0.05) is 17.7 Å². The Bertz CT molecular complexity index is 1060.